The lowest BCUT2D eigenvalue weighted by Crippen LogP contribution is -2.46. The van der Waals surface area contributed by atoms with Gasteiger partial charge in [-0.2, -0.15) is 0 Å². The Hall–Kier alpha value is -3.35. The summed E-state index contributed by atoms with van der Waals surface area (Å²) in [5.41, 5.74) is 6.88. The maximum Gasteiger partial charge on any atom is 0.329 e. The van der Waals surface area contributed by atoms with Crippen molar-refractivity contribution in [2.45, 2.75) is 19.0 Å². The van der Waals surface area contributed by atoms with E-state index in [0.29, 0.717) is 6.54 Å². The molecule has 0 heterocycles. The average Bonchev–Trinajstić information content (AvgIpc) is 2.65. The summed E-state index contributed by atoms with van der Waals surface area (Å²) < 4.78 is 5.01. The second kappa shape index (κ2) is 9.83. The third kappa shape index (κ3) is 6.64. The molecule has 1 atom stereocenters. The zero-order chi connectivity index (χ0) is 18.8. The van der Waals surface area contributed by atoms with Crippen LogP contribution in [-0.2, 0) is 27.3 Å². The Kier molecular flexibility index (Phi) is 7.17. The summed E-state index contributed by atoms with van der Waals surface area (Å²) in [7, 11) is 0. The number of hydrogen-bond donors (Lipinski definition) is 3. The first kappa shape index (κ1) is 19.0. The minimum atomic E-state index is -0.961. The van der Waals surface area contributed by atoms with E-state index in [4.69, 9.17) is 10.5 Å². The number of primary amides is 1. The highest BCUT2D eigenvalue weighted by Crippen LogP contribution is 2.05. The van der Waals surface area contributed by atoms with Gasteiger partial charge in [0.1, 0.15) is 6.04 Å². The molecule has 0 aliphatic carbocycles. The van der Waals surface area contributed by atoms with Crippen molar-refractivity contribution in [3.8, 4) is 0 Å². The van der Waals surface area contributed by atoms with Gasteiger partial charge in [-0.05, 0) is 11.1 Å². The first-order valence-corrected chi connectivity index (χ1v) is 8.12. The lowest BCUT2D eigenvalue weighted by molar-refractivity contribution is -0.150. The molecule has 0 radical (unpaired) electrons. The van der Waals surface area contributed by atoms with Crippen LogP contribution < -0.4 is 16.4 Å². The summed E-state index contributed by atoms with van der Waals surface area (Å²) in [4.78, 5) is 35.1. The fourth-order valence-corrected chi connectivity index (χ4v) is 2.30. The molecule has 2 rings (SSSR count). The quantitative estimate of drug-likeness (QED) is 0.616. The van der Waals surface area contributed by atoms with Gasteiger partial charge in [0.25, 0.3) is 5.91 Å². The molecule has 0 saturated heterocycles. The fourth-order valence-electron chi connectivity index (χ4n) is 2.30. The van der Waals surface area contributed by atoms with Crippen LogP contribution in [0.5, 0.6) is 0 Å². The maximum absolute atomic E-state index is 12.2. The number of urea groups is 1. The number of carbonyl (C=O) groups is 3. The molecule has 7 heteroatoms. The molecule has 0 fully saturated rings. The van der Waals surface area contributed by atoms with Gasteiger partial charge in [0.15, 0.2) is 6.61 Å². The van der Waals surface area contributed by atoms with E-state index < -0.39 is 30.6 Å². The summed E-state index contributed by atoms with van der Waals surface area (Å²) in [5.74, 6) is -1.15. The molecule has 0 aliphatic rings. The van der Waals surface area contributed by atoms with Gasteiger partial charge in [-0.3, -0.25) is 4.79 Å². The second-order valence-electron chi connectivity index (χ2n) is 5.62. The van der Waals surface area contributed by atoms with Crippen LogP contribution in [0.15, 0.2) is 60.7 Å². The minimum Gasteiger partial charge on any atom is -0.454 e. The summed E-state index contributed by atoms with van der Waals surface area (Å²) in [5, 5.41) is 5.00. The Morgan fingerprint density at radius 2 is 1.50 bits per heavy atom. The maximum atomic E-state index is 12.2. The van der Waals surface area contributed by atoms with E-state index in [1.165, 1.54) is 0 Å². The monoisotopic (exact) mass is 355 g/mol. The number of hydrogen-bond acceptors (Lipinski definition) is 4. The molecule has 0 aromatic heterocycles. The van der Waals surface area contributed by atoms with Crippen molar-refractivity contribution in [3.63, 3.8) is 0 Å². The van der Waals surface area contributed by atoms with Crippen molar-refractivity contribution in [3.05, 3.63) is 71.8 Å². The van der Waals surface area contributed by atoms with Crippen LogP contribution in [0.25, 0.3) is 0 Å². The molecule has 2 aromatic carbocycles. The highest BCUT2D eigenvalue weighted by atomic mass is 16.5. The van der Waals surface area contributed by atoms with Crippen LogP contribution in [0.1, 0.15) is 11.1 Å². The molecule has 7 nitrogen and oxygen atoms in total. The lowest BCUT2D eigenvalue weighted by Gasteiger charge is -2.16. The minimum absolute atomic E-state index is 0.217. The van der Waals surface area contributed by atoms with E-state index in [1.807, 2.05) is 60.7 Å². The predicted molar refractivity (Wildman–Crippen MR) is 95.9 cm³/mol. The molecule has 0 aliphatic heterocycles. The molecule has 3 amide bonds. The molecule has 136 valence electrons. The van der Waals surface area contributed by atoms with Crippen LogP contribution in [-0.4, -0.2) is 30.6 Å². The predicted octanol–water partition coefficient (Wildman–Crippen LogP) is 1.13. The van der Waals surface area contributed by atoms with Gasteiger partial charge in [-0.1, -0.05) is 60.7 Å². The zero-order valence-corrected chi connectivity index (χ0v) is 14.2. The largest absolute Gasteiger partial charge is 0.454 e. The normalized spacial score (nSPS) is 11.2. The van der Waals surface area contributed by atoms with Crippen LogP contribution in [0.2, 0.25) is 0 Å². The van der Waals surface area contributed by atoms with Crippen molar-refractivity contribution in [1.29, 1.82) is 0 Å². The number of benzene rings is 2. The highest BCUT2D eigenvalue weighted by molar-refractivity contribution is 5.85. The molecular weight excluding hydrogens is 334 g/mol. The molecule has 0 bridgehead atoms. The number of ether oxygens (including phenoxy) is 1. The number of esters is 1. The van der Waals surface area contributed by atoms with E-state index in [9.17, 15) is 14.4 Å². The van der Waals surface area contributed by atoms with E-state index in [1.54, 1.807) is 0 Å². The van der Waals surface area contributed by atoms with Crippen LogP contribution in [0, 0.1) is 0 Å². The number of nitrogens with two attached hydrogens (primary N) is 1. The molecule has 0 unspecified atom stereocenters. The van der Waals surface area contributed by atoms with Gasteiger partial charge >= 0.3 is 12.0 Å². The Bertz CT molecular complexity index is 735. The third-order valence-electron chi connectivity index (χ3n) is 3.56. The first-order chi connectivity index (χ1) is 12.5. The van der Waals surface area contributed by atoms with Crippen molar-refractivity contribution < 1.29 is 19.1 Å². The Labute approximate surface area is 151 Å². The van der Waals surface area contributed by atoms with E-state index in [0.717, 1.165) is 11.1 Å². The summed E-state index contributed by atoms with van der Waals surface area (Å²) in [6, 6.07) is 16.7. The molecule has 26 heavy (non-hydrogen) atoms. The van der Waals surface area contributed by atoms with Gasteiger partial charge < -0.3 is 21.1 Å². The fraction of sp³-hybridized carbons (Fsp3) is 0.211. The zero-order valence-electron chi connectivity index (χ0n) is 14.2. The van der Waals surface area contributed by atoms with Crippen molar-refractivity contribution in [2.75, 3.05) is 6.61 Å². The Morgan fingerprint density at radius 1 is 0.923 bits per heavy atom. The van der Waals surface area contributed by atoms with E-state index in [2.05, 4.69) is 10.6 Å². The number of nitrogens with one attached hydrogen (secondary N) is 2. The van der Waals surface area contributed by atoms with Crippen molar-refractivity contribution in [1.82, 2.24) is 10.6 Å². The Morgan fingerprint density at radius 3 is 2.08 bits per heavy atom. The second-order valence-corrected chi connectivity index (χ2v) is 5.62. The van der Waals surface area contributed by atoms with Gasteiger partial charge in [0.2, 0.25) is 0 Å². The van der Waals surface area contributed by atoms with Crippen LogP contribution in [0.3, 0.4) is 0 Å². The van der Waals surface area contributed by atoms with Crippen molar-refractivity contribution >= 4 is 17.9 Å². The molecular formula is C19H21N3O4. The SMILES string of the molecule is NC(=O)N[C@@H](Cc1ccccc1)C(=O)OCC(=O)NCc1ccccc1. The first-order valence-electron chi connectivity index (χ1n) is 8.12. The molecule has 0 spiro atoms. The van der Waals surface area contributed by atoms with Gasteiger partial charge in [0, 0.05) is 13.0 Å². The summed E-state index contributed by atoms with van der Waals surface area (Å²) in [6.45, 7) is -0.0956. The third-order valence-corrected chi connectivity index (χ3v) is 3.56. The van der Waals surface area contributed by atoms with Gasteiger partial charge in [-0.25, -0.2) is 9.59 Å². The van der Waals surface area contributed by atoms with E-state index >= 15 is 0 Å². The number of carbonyl (C=O) groups excluding carboxylic acids is 3. The van der Waals surface area contributed by atoms with Gasteiger partial charge in [-0.15, -0.1) is 0 Å². The molecule has 2 aromatic rings. The van der Waals surface area contributed by atoms with Crippen molar-refractivity contribution in [2.24, 2.45) is 5.73 Å². The summed E-state index contributed by atoms with van der Waals surface area (Å²) in [6.07, 6.45) is 0.217. The lowest BCUT2D eigenvalue weighted by atomic mass is 10.1. The highest BCUT2D eigenvalue weighted by Gasteiger charge is 2.22. The topological polar surface area (TPSA) is 111 Å². The Balaban J connectivity index is 1.83. The van der Waals surface area contributed by atoms with E-state index in [-0.39, 0.29) is 6.42 Å². The number of rotatable bonds is 8. The molecule has 4 N–H and O–H groups in total. The summed E-state index contributed by atoms with van der Waals surface area (Å²) >= 11 is 0. The number of amides is 3. The van der Waals surface area contributed by atoms with Crippen LogP contribution in [0.4, 0.5) is 4.79 Å². The average molecular weight is 355 g/mol. The van der Waals surface area contributed by atoms with Gasteiger partial charge in [0.05, 0.1) is 0 Å². The van der Waals surface area contributed by atoms with Crippen LogP contribution >= 0.6 is 0 Å². The molecule has 0 saturated carbocycles. The smallest absolute Gasteiger partial charge is 0.329 e. The standard InChI is InChI=1S/C19H21N3O4/c20-19(25)22-16(11-14-7-3-1-4-8-14)18(24)26-13-17(23)21-12-15-9-5-2-6-10-15/h1-10,16H,11-13H2,(H,21,23)(H3,20,22,25)/t16-/m0/s1.